The van der Waals surface area contributed by atoms with E-state index in [0.29, 0.717) is 17.1 Å². The summed E-state index contributed by atoms with van der Waals surface area (Å²) in [6.45, 7) is 6.09. The van der Waals surface area contributed by atoms with Gasteiger partial charge in [-0.15, -0.1) is 0 Å². The van der Waals surface area contributed by atoms with Gasteiger partial charge in [0.15, 0.2) is 6.10 Å². The van der Waals surface area contributed by atoms with Gasteiger partial charge in [0.05, 0.1) is 18.5 Å². The second-order valence-corrected chi connectivity index (χ2v) is 10.8. The summed E-state index contributed by atoms with van der Waals surface area (Å²) in [5.74, 6) is -0.0155. The summed E-state index contributed by atoms with van der Waals surface area (Å²) < 4.78 is 32.3. The minimum atomic E-state index is -3.60. The molecule has 3 aromatic carbocycles. The van der Waals surface area contributed by atoms with Crippen molar-refractivity contribution in [3.8, 4) is 5.75 Å². The molecular weight excluding hydrogens is 412 g/mol. The third-order valence-electron chi connectivity index (χ3n) is 5.43. The predicted octanol–water partition coefficient (Wildman–Crippen LogP) is 4.30. The molecule has 0 aromatic heterocycles. The van der Waals surface area contributed by atoms with Gasteiger partial charge in [-0.05, 0) is 34.6 Å². The average Bonchev–Trinajstić information content (AvgIpc) is 2.71. The van der Waals surface area contributed by atoms with Crippen LogP contribution in [0, 0.1) is 0 Å². The average molecular weight is 439 g/mol. The molecule has 0 radical (unpaired) electrons. The molecule has 1 amide bonds. The van der Waals surface area contributed by atoms with Crippen LogP contribution in [0.25, 0.3) is 10.8 Å². The fourth-order valence-corrected chi connectivity index (χ4v) is 4.62. The normalized spacial score (nSPS) is 16.5. The van der Waals surface area contributed by atoms with E-state index in [1.54, 1.807) is 6.07 Å². The van der Waals surface area contributed by atoms with Gasteiger partial charge in [-0.25, -0.2) is 8.42 Å². The summed E-state index contributed by atoms with van der Waals surface area (Å²) in [7, 11) is -3.60. The largest absolute Gasteiger partial charge is 0.476 e. The Bertz CT molecular complexity index is 1260. The van der Waals surface area contributed by atoms with Crippen molar-refractivity contribution in [1.29, 1.82) is 0 Å². The quantitative estimate of drug-likeness (QED) is 0.661. The molecular formula is C24H26N2O4S. The fourth-order valence-electron chi connectivity index (χ4n) is 3.72. The smallest absolute Gasteiger partial charge is 0.267 e. The van der Waals surface area contributed by atoms with Crippen molar-refractivity contribution in [2.45, 2.75) is 32.3 Å². The summed E-state index contributed by atoms with van der Waals surface area (Å²) in [6.07, 6.45) is 0.174. The Morgan fingerprint density at radius 3 is 2.48 bits per heavy atom. The second kappa shape index (κ2) is 7.57. The number of anilines is 2. The van der Waals surface area contributed by atoms with Crippen molar-refractivity contribution in [2.75, 3.05) is 22.4 Å². The first-order chi connectivity index (χ1) is 14.5. The van der Waals surface area contributed by atoms with Gasteiger partial charge in [0.2, 0.25) is 10.0 Å². The molecule has 1 heterocycles. The summed E-state index contributed by atoms with van der Waals surface area (Å²) in [5, 5.41) is 4.82. The first-order valence-electron chi connectivity index (χ1n) is 10.1. The van der Waals surface area contributed by atoms with Crippen LogP contribution in [-0.2, 0) is 20.2 Å². The van der Waals surface area contributed by atoms with Gasteiger partial charge in [-0.3, -0.25) is 9.10 Å². The molecule has 0 saturated heterocycles. The van der Waals surface area contributed by atoms with Crippen molar-refractivity contribution < 1.29 is 17.9 Å². The number of fused-ring (bicyclic) bond motifs is 2. The van der Waals surface area contributed by atoms with E-state index in [1.807, 2.05) is 54.6 Å². The summed E-state index contributed by atoms with van der Waals surface area (Å²) >= 11 is 0. The molecule has 3 aromatic rings. The Balaban J connectivity index is 1.67. The van der Waals surface area contributed by atoms with Crippen LogP contribution in [-0.4, -0.2) is 33.2 Å². The van der Waals surface area contributed by atoms with Gasteiger partial charge in [0.25, 0.3) is 5.91 Å². The van der Waals surface area contributed by atoms with Gasteiger partial charge in [0.1, 0.15) is 5.75 Å². The highest BCUT2D eigenvalue weighted by Gasteiger charge is 2.36. The van der Waals surface area contributed by atoms with Gasteiger partial charge < -0.3 is 10.1 Å². The van der Waals surface area contributed by atoms with E-state index in [9.17, 15) is 13.2 Å². The highest BCUT2D eigenvalue weighted by Crippen LogP contribution is 2.38. The van der Waals surface area contributed by atoms with Crippen molar-refractivity contribution >= 4 is 38.1 Å². The molecule has 6 nitrogen and oxygen atoms in total. The molecule has 1 aliphatic heterocycles. The molecule has 0 saturated carbocycles. The first-order valence-corrected chi connectivity index (χ1v) is 12.0. The molecule has 0 spiro atoms. The van der Waals surface area contributed by atoms with E-state index < -0.39 is 22.0 Å². The number of rotatable bonds is 3. The van der Waals surface area contributed by atoms with Gasteiger partial charge in [-0.1, -0.05) is 63.2 Å². The number of amides is 1. The highest BCUT2D eigenvalue weighted by atomic mass is 32.2. The van der Waals surface area contributed by atoms with E-state index in [4.69, 9.17) is 4.74 Å². The lowest BCUT2D eigenvalue weighted by atomic mass is 9.86. The zero-order chi connectivity index (χ0) is 22.4. The Hall–Kier alpha value is -3.06. The molecule has 162 valence electrons. The van der Waals surface area contributed by atoms with Crippen LogP contribution in [0.1, 0.15) is 26.3 Å². The standard InChI is InChI=1S/C24H26N2O4S/c1-24(2,3)17-12-13-21-20(14-17)26(31(4,28)29)15-22(30-21)23(27)25-19-11-7-9-16-8-5-6-10-18(16)19/h5-14,22H,15H2,1-4H3,(H,25,27)/t22-/m1/s1. The predicted molar refractivity (Wildman–Crippen MR) is 124 cm³/mol. The molecule has 1 aliphatic rings. The Labute approximate surface area is 182 Å². The van der Waals surface area contributed by atoms with Gasteiger partial charge in [-0.2, -0.15) is 0 Å². The van der Waals surface area contributed by atoms with Crippen LogP contribution >= 0.6 is 0 Å². The molecule has 0 fully saturated rings. The molecule has 4 rings (SSSR count). The van der Waals surface area contributed by atoms with Crippen molar-refractivity contribution in [3.63, 3.8) is 0 Å². The number of sulfonamides is 1. The van der Waals surface area contributed by atoms with Gasteiger partial charge in [0, 0.05) is 11.1 Å². The summed E-state index contributed by atoms with van der Waals surface area (Å²) in [6, 6.07) is 18.9. The van der Waals surface area contributed by atoms with E-state index in [0.717, 1.165) is 22.6 Å². The molecule has 0 aliphatic carbocycles. The zero-order valence-corrected chi connectivity index (χ0v) is 18.9. The first kappa shape index (κ1) is 21.2. The molecule has 7 heteroatoms. The third kappa shape index (κ3) is 4.23. The topological polar surface area (TPSA) is 75.7 Å². The zero-order valence-electron chi connectivity index (χ0n) is 18.0. The van der Waals surface area contributed by atoms with Crippen LogP contribution in [0.15, 0.2) is 60.7 Å². The fraction of sp³-hybridized carbons (Fsp3) is 0.292. The Morgan fingerprint density at radius 1 is 1.06 bits per heavy atom. The molecule has 1 atom stereocenters. The van der Waals surface area contributed by atoms with Crippen LogP contribution < -0.4 is 14.4 Å². The maximum atomic E-state index is 13.1. The monoisotopic (exact) mass is 438 g/mol. The maximum Gasteiger partial charge on any atom is 0.267 e. The lowest BCUT2D eigenvalue weighted by Gasteiger charge is -2.35. The van der Waals surface area contributed by atoms with Crippen LogP contribution in [0.2, 0.25) is 0 Å². The maximum absolute atomic E-state index is 13.1. The number of ether oxygens (including phenoxy) is 1. The van der Waals surface area contributed by atoms with Crippen molar-refractivity contribution in [1.82, 2.24) is 0 Å². The highest BCUT2D eigenvalue weighted by molar-refractivity contribution is 7.92. The van der Waals surface area contributed by atoms with E-state index in [1.165, 1.54) is 4.31 Å². The summed E-state index contributed by atoms with van der Waals surface area (Å²) in [5.41, 5.74) is 1.96. The number of nitrogens with one attached hydrogen (secondary N) is 1. The van der Waals surface area contributed by atoms with Crippen molar-refractivity contribution in [3.05, 3.63) is 66.2 Å². The van der Waals surface area contributed by atoms with Crippen LogP contribution in [0.4, 0.5) is 11.4 Å². The number of carbonyl (C=O) groups is 1. The SMILES string of the molecule is CC(C)(C)c1ccc2c(c1)N(S(C)(=O)=O)C[C@H](C(=O)Nc1cccc3ccccc13)O2. The van der Waals surface area contributed by atoms with Gasteiger partial charge >= 0.3 is 0 Å². The Kier molecular flexibility index (Phi) is 5.17. The van der Waals surface area contributed by atoms with Crippen LogP contribution in [0.3, 0.4) is 0 Å². The number of nitrogens with zero attached hydrogens (tertiary/aromatic N) is 1. The summed E-state index contributed by atoms with van der Waals surface area (Å²) in [4.78, 5) is 13.1. The number of benzene rings is 3. The Morgan fingerprint density at radius 2 is 1.77 bits per heavy atom. The molecule has 0 unspecified atom stereocenters. The van der Waals surface area contributed by atoms with Crippen LogP contribution in [0.5, 0.6) is 5.75 Å². The van der Waals surface area contributed by atoms with Crippen molar-refractivity contribution in [2.24, 2.45) is 0 Å². The molecule has 31 heavy (non-hydrogen) atoms. The minimum Gasteiger partial charge on any atom is -0.476 e. The third-order valence-corrected chi connectivity index (χ3v) is 6.58. The van der Waals surface area contributed by atoms with E-state index >= 15 is 0 Å². The minimum absolute atomic E-state index is 0.0873. The lowest BCUT2D eigenvalue weighted by molar-refractivity contribution is -0.122. The second-order valence-electron chi connectivity index (χ2n) is 8.85. The van der Waals surface area contributed by atoms with E-state index in [2.05, 4.69) is 26.1 Å². The number of hydrogen-bond acceptors (Lipinski definition) is 4. The number of hydrogen-bond donors (Lipinski definition) is 1. The van der Waals surface area contributed by atoms with E-state index in [-0.39, 0.29) is 12.0 Å². The molecule has 0 bridgehead atoms. The number of carbonyl (C=O) groups excluding carboxylic acids is 1. The molecule has 1 N–H and O–H groups in total. The lowest BCUT2D eigenvalue weighted by Crippen LogP contribution is -2.48.